The van der Waals surface area contributed by atoms with Crippen LogP contribution in [0.25, 0.3) is 21.9 Å². The molecule has 0 spiro atoms. The van der Waals surface area contributed by atoms with Crippen LogP contribution >= 0.6 is 0 Å². The maximum absolute atomic E-state index is 12.7. The Morgan fingerprint density at radius 1 is 1.05 bits per heavy atom. The number of furan rings is 1. The Balaban J connectivity index is 1.90. The van der Waals surface area contributed by atoms with Gasteiger partial charge in [0.25, 0.3) is 5.91 Å². The number of nitrogen functional groups attached to an aromatic ring is 1. The van der Waals surface area contributed by atoms with Crippen molar-refractivity contribution < 1.29 is 9.21 Å². The zero-order valence-electron chi connectivity index (χ0n) is 11.1. The largest absolute Gasteiger partial charge is 0.451 e. The third kappa shape index (κ3) is 1.73. The molecule has 0 saturated carbocycles. The molecule has 4 aromatic rings. The zero-order valence-corrected chi connectivity index (χ0v) is 11.1. The second kappa shape index (κ2) is 4.24. The number of fused-ring (bicyclic) bond motifs is 2. The molecule has 0 radical (unpaired) electrons. The molecule has 0 aliphatic carbocycles. The number of nitrogens with two attached hydrogens (primary N) is 1. The monoisotopic (exact) mass is 276 g/mol. The van der Waals surface area contributed by atoms with E-state index in [-0.39, 0.29) is 5.91 Å². The summed E-state index contributed by atoms with van der Waals surface area (Å²) in [5, 5.41) is 1.77. The fraction of sp³-hybridized carbons (Fsp3) is 0. The summed E-state index contributed by atoms with van der Waals surface area (Å²) in [6.07, 6.45) is 1.64. The highest BCUT2D eigenvalue weighted by molar-refractivity contribution is 6.05. The molecular formula is C17H12N2O2. The third-order valence-corrected chi connectivity index (χ3v) is 3.60. The number of nitrogens with zero attached hydrogens (tertiary/aromatic N) is 1. The molecule has 4 rings (SSSR count). The van der Waals surface area contributed by atoms with Gasteiger partial charge in [-0.1, -0.05) is 36.4 Å². The van der Waals surface area contributed by atoms with Gasteiger partial charge in [-0.2, -0.15) is 0 Å². The summed E-state index contributed by atoms with van der Waals surface area (Å²) in [4.78, 5) is 12.7. The maximum Gasteiger partial charge on any atom is 0.298 e. The van der Waals surface area contributed by atoms with Crippen LogP contribution in [0.2, 0.25) is 0 Å². The van der Waals surface area contributed by atoms with Gasteiger partial charge in [0, 0.05) is 17.0 Å². The summed E-state index contributed by atoms with van der Waals surface area (Å²) in [6, 6.07) is 16.8. The van der Waals surface area contributed by atoms with Crippen molar-refractivity contribution in [2.45, 2.75) is 0 Å². The second-order valence-electron chi connectivity index (χ2n) is 4.93. The van der Waals surface area contributed by atoms with Gasteiger partial charge in [0.15, 0.2) is 5.76 Å². The number of carbonyl (C=O) groups excluding carboxylic acids is 1. The van der Waals surface area contributed by atoms with Crippen LogP contribution in [-0.4, -0.2) is 10.5 Å². The van der Waals surface area contributed by atoms with E-state index in [1.54, 1.807) is 12.3 Å². The number of aromatic nitrogens is 1. The molecule has 0 bridgehead atoms. The summed E-state index contributed by atoms with van der Waals surface area (Å²) < 4.78 is 7.16. The van der Waals surface area contributed by atoms with E-state index in [2.05, 4.69) is 0 Å². The third-order valence-electron chi connectivity index (χ3n) is 3.60. The summed E-state index contributed by atoms with van der Waals surface area (Å²) in [5.74, 6) is 0.0797. The number of anilines is 1. The highest BCUT2D eigenvalue weighted by atomic mass is 16.3. The predicted molar refractivity (Wildman–Crippen MR) is 82.3 cm³/mol. The Morgan fingerprint density at radius 3 is 2.67 bits per heavy atom. The molecule has 2 aromatic heterocycles. The lowest BCUT2D eigenvalue weighted by Crippen LogP contribution is -2.09. The highest BCUT2D eigenvalue weighted by Crippen LogP contribution is 2.25. The molecule has 0 unspecified atom stereocenters. The van der Waals surface area contributed by atoms with Crippen molar-refractivity contribution in [1.82, 2.24) is 4.57 Å². The van der Waals surface area contributed by atoms with Crippen molar-refractivity contribution in [1.29, 1.82) is 0 Å². The Bertz CT molecular complexity index is 946. The van der Waals surface area contributed by atoms with Crippen LogP contribution in [0.4, 0.5) is 5.69 Å². The van der Waals surface area contributed by atoms with Crippen LogP contribution in [-0.2, 0) is 0 Å². The molecule has 2 N–H and O–H groups in total. The molecule has 0 aliphatic heterocycles. The molecule has 2 heterocycles. The molecule has 0 aliphatic rings. The standard InChI is InChI=1S/C17H12N2O2/c18-13-10-19(14-7-3-2-6-12(13)14)17(20)16-9-11-5-1-4-8-15(11)21-16/h1-10H,18H2. The summed E-state index contributed by atoms with van der Waals surface area (Å²) in [5.41, 5.74) is 8.02. The number of rotatable bonds is 1. The molecule has 0 saturated heterocycles. The minimum absolute atomic E-state index is 0.223. The summed E-state index contributed by atoms with van der Waals surface area (Å²) in [7, 11) is 0. The number of carbonyl (C=O) groups is 1. The van der Waals surface area contributed by atoms with Gasteiger partial charge in [-0.25, -0.2) is 0 Å². The maximum atomic E-state index is 12.7. The molecule has 21 heavy (non-hydrogen) atoms. The molecule has 2 aromatic carbocycles. The predicted octanol–water partition coefficient (Wildman–Crippen LogP) is 3.66. The average molecular weight is 276 g/mol. The van der Waals surface area contributed by atoms with Crippen molar-refractivity contribution in [2.24, 2.45) is 0 Å². The number of hydrogen-bond donors (Lipinski definition) is 1. The first-order valence-electron chi connectivity index (χ1n) is 6.63. The fourth-order valence-electron chi connectivity index (χ4n) is 2.58. The first-order chi connectivity index (χ1) is 10.2. The van der Waals surface area contributed by atoms with E-state index in [1.807, 2.05) is 48.5 Å². The Morgan fingerprint density at radius 2 is 1.81 bits per heavy atom. The van der Waals surface area contributed by atoms with Crippen molar-refractivity contribution >= 4 is 33.5 Å². The van der Waals surface area contributed by atoms with Crippen molar-refractivity contribution in [3.05, 3.63) is 66.6 Å². The van der Waals surface area contributed by atoms with E-state index in [0.717, 1.165) is 16.3 Å². The second-order valence-corrected chi connectivity index (χ2v) is 4.93. The van der Waals surface area contributed by atoms with Gasteiger partial charge in [0.2, 0.25) is 0 Å². The van der Waals surface area contributed by atoms with Gasteiger partial charge in [0.05, 0.1) is 11.2 Å². The van der Waals surface area contributed by atoms with Crippen LogP contribution in [0.1, 0.15) is 10.6 Å². The SMILES string of the molecule is Nc1cn(C(=O)c2cc3ccccc3o2)c2ccccc12. The zero-order chi connectivity index (χ0) is 14.4. The molecule has 0 fully saturated rings. The van der Waals surface area contributed by atoms with Crippen molar-refractivity contribution in [3.8, 4) is 0 Å². The lowest BCUT2D eigenvalue weighted by molar-refractivity contribution is 0.0940. The number of benzene rings is 2. The molecule has 4 nitrogen and oxygen atoms in total. The smallest absolute Gasteiger partial charge is 0.298 e. The average Bonchev–Trinajstić information content (AvgIpc) is 3.09. The molecule has 0 atom stereocenters. The van der Waals surface area contributed by atoms with Crippen LogP contribution in [0.5, 0.6) is 0 Å². The van der Waals surface area contributed by atoms with E-state index in [1.165, 1.54) is 4.57 Å². The lowest BCUT2D eigenvalue weighted by Gasteiger charge is -2.00. The van der Waals surface area contributed by atoms with Gasteiger partial charge in [-0.15, -0.1) is 0 Å². The molecule has 102 valence electrons. The fourth-order valence-corrected chi connectivity index (χ4v) is 2.58. The Hall–Kier alpha value is -3.01. The van der Waals surface area contributed by atoms with Crippen LogP contribution < -0.4 is 5.73 Å². The first-order valence-corrected chi connectivity index (χ1v) is 6.63. The van der Waals surface area contributed by atoms with Gasteiger partial charge >= 0.3 is 0 Å². The van der Waals surface area contributed by atoms with E-state index in [0.29, 0.717) is 17.0 Å². The topological polar surface area (TPSA) is 61.2 Å². The lowest BCUT2D eigenvalue weighted by atomic mass is 10.2. The van der Waals surface area contributed by atoms with Gasteiger partial charge in [0.1, 0.15) is 5.58 Å². The van der Waals surface area contributed by atoms with Crippen LogP contribution in [0.15, 0.2) is 65.2 Å². The number of hydrogen-bond acceptors (Lipinski definition) is 3. The summed E-state index contributed by atoms with van der Waals surface area (Å²) >= 11 is 0. The molecular weight excluding hydrogens is 264 g/mol. The minimum Gasteiger partial charge on any atom is -0.451 e. The Labute approximate surface area is 120 Å². The van der Waals surface area contributed by atoms with Crippen molar-refractivity contribution in [3.63, 3.8) is 0 Å². The van der Waals surface area contributed by atoms with E-state index < -0.39 is 0 Å². The van der Waals surface area contributed by atoms with E-state index >= 15 is 0 Å². The van der Waals surface area contributed by atoms with Crippen molar-refractivity contribution in [2.75, 3.05) is 5.73 Å². The molecule has 4 heteroatoms. The molecule has 0 amide bonds. The number of para-hydroxylation sites is 2. The minimum atomic E-state index is -0.223. The normalized spacial score (nSPS) is 11.2. The van der Waals surface area contributed by atoms with E-state index in [9.17, 15) is 4.79 Å². The Kier molecular flexibility index (Phi) is 2.38. The first kappa shape index (κ1) is 11.8. The van der Waals surface area contributed by atoms with Gasteiger partial charge in [-0.05, 0) is 18.2 Å². The summed E-state index contributed by atoms with van der Waals surface area (Å²) in [6.45, 7) is 0. The quantitative estimate of drug-likeness (QED) is 0.577. The van der Waals surface area contributed by atoms with Gasteiger partial charge < -0.3 is 10.2 Å². The van der Waals surface area contributed by atoms with Crippen LogP contribution in [0.3, 0.4) is 0 Å². The van der Waals surface area contributed by atoms with Gasteiger partial charge in [-0.3, -0.25) is 9.36 Å². The van der Waals surface area contributed by atoms with E-state index in [4.69, 9.17) is 10.2 Å². The van der Waals surface area contributed by atoms with Crippen LogP contribution in [0, 0.1) is 0 Å². The highest BCUT2D eigenvalue weighted by Gasteiger charge is 2.17.